The summed E-state index contributed by atoms with van der Waals surface area (Å²) in [6.07, 6.45) is 0. The van der Waals surface area contributed by atoms with Gasteiger partial charge in [0.05, 0.1) is 10.7 Å². The van der Waals surface area contributed by atoms with E-state index in [-0.39, 0.29) is 6.04 Å². The molecule has 0 fully saturated rings. The van der Waals surface area contributed by atoms with E-state index < -0.39 is 0 Å². The van der Waals surface area contributed by atoms with Crippen LogP contribution in [0.3, 0.4) is 0 Å². The molecule has 0 saturated heterocycles. The van der Waals surface area contributed by atoms with Gasteiger partial charge in [0.15, 0.2) is 0 Å². The maximum absolute atomic E-state index is 5.71. The Morgan fingerprint density at radius 2 is 2.25 bits per heavy atom. The first-order valence-corrected chi connectivity index (χ1v) is 2.86. The molecule has 0 aromatic heterocycles. The van der Waals surface area contributed by atoms with E-state index in [1.54, 1.807) is 0 Å². The molecule has 0 amide bonds. The Kier molecular flexibility index (Phi) is 1.34. The number of hydrogen-bond donors (Lipinski definition) is 0. The van der Waals surface area contributed by atoms with Crippen molar-refractivity contribution in [3.63, 3.8) is 0 Å². The Balaban J connectivity index is 2.85. The fourth-order valence-corrected chi connectivity index (χ4v) is 0.655. The van der Waals surface area contributed by atoms with Crippen LogP contribution in [-0.4, -0.2) is 6.04 Å². The molecule has 0 radical (unpaired) electrons. The zero-order valence-corrected chi connectivity index (χ0v) is 5.61. The monoisotopic (exact) mass is 130 g/mol. The molecule has 1 unspecified atom stereocenters. The molecule has 0 aromatic carbocycles. The highest BCUT2D eigenvalue weighted by atomic mass is 35.5. The number of rotatable bonds is 0. The van der Waals surface area contributed by atoms with E-state index in [0.717, 1.165) is 10.7 Å². The van der Waals surface area contributed by atoms with Crippen molar-refractivity contribution in [3.05, 3.63) is 10.7 Å². The molecule has 1 atom stereocenters. The van der Waals surface area contributed by atoms with E-state index in [4.69, 9.17) is 11.6 Å². The minimum Gasteiger partial charge on any atom is -0.180 e. The molecule has 0 spiro atoms. The van der Waals surface area contributed by atoms with E-state index in [2.05, 4.69) is 10.2 Å². The molecule has 0 N–H and O–H groups in total. The molecule has 0 saturated carbocycles. The molecule has 3 heteroatoms. The van der Waals surface area contributed by atoms with Crippen LogP contribution in [0.1, 0.15) is 13.8 Å². The summed E-state index contributed by atoms with van der Waals surface area (Å²) < 4.78 is 0. The van der Waals surface area contributed by atoms with Gasteiger partial charge in [-0.1, -0.05) is 11.6 Å². The first kappa shape index (κ1) is 5.76. The average molecular weight is 131 g/mol. The number of halogens is 1. The standard InChI is InChI=1S/C5H7ClN2/c1-3-5(6)4(2)8-7-3/h3H,1-2H3. The summed E-state index contributed by atoms with van der Waals surface area (Å²) in [6, 6.07) is 0.0941. The molecule has 0 aliphatic carbocycles. The van der Waals surface area contributed by atoms with Crippen LogP contribution >= 0.6 is 11.6 Å². The number of allylic oxidation sites excluding steroid dienone is 1. The third kappa shape index (κ3) is 0.757. The third-order valence-corrected chi connectivity index (χ3v) is 1.68. The van der Waals surface area contributed by atoms with E-state index in [9.17, 15) is 0 Å². The summed E-state index contributed by atoms with van der Waals surface area (Å²) in [7, 11) is 0. The Morgan fingerprint density at radius 3 is 2.38 bits per heavy atom. The van der Waals surface area contributed by atoms with E-state index in [1.165, 1.54) is 0 Å². The van der Waals surface area contributed by atoms with Crippen molar-refractivity contribution >= 4 is 11.6 Å². The topological polar surface area (TPSA) is 24.7 Å². The minimum absolute atomic E-state index is 0.0941. The second-order valence-electron chi connectivity index (χ2n) is 1.82. The molecule has 44 valence electrons. The molecular weight excluding hydrogens is 124 g/mol. The van der Waals surface area contributed by atoms with Gasteiger partial charge < -0.3 is 0 Å². The maximum Gasteiger partial charge on any atom is 0.106 e. The Morgan fingerprint density at radius 1 is 1.62 bits per heavy atom. The second-order valence-corrected chi connectivity index (χ2v) is 2.23. The lowest BCUT2D eigenvalue weighted by Crippen LogP contribution is -1.91. The van der Waals surface area contributed by atoms with Crippen molar-refractivity contribution in [1.82, 2.24) is 0 Å². The van der Waals surface area contributed by atoms with Gasteiger partial charge in [-0.2, -0.15) is 10.2 Å². The van der Waals surface area contributed by atoms with Gasteiger partial charge in [0.25, 0.3) is 0 Å². The third-order valence-electron chi connectivity index (χ3n) is 1.09. The fourth-order valence-electron chi connectivity index (χ4n) is 0.574. The summed E-state index contributed by atoms with van der Waals surface area (Å²) >= 11 is 5.71. The number of nitrogens with zero attached hydrogens (tertiary/aromatic N) is 2. The van der Waals surface area contributed by atoms with Crippen LogP contribution in [0.15, 0.2) is 21.0 Å². The summed E-state index contributed by atoms with van der Waals surface area (Å²) in [4.78, 5) is 0. The molecule has 0 bridgehead atoms. The first-order chi connectivity index (χ1) is 3.72. The van der Waals surface area contributed by atoms with Crippen LogP contribution in [0.25, 0.3) is 0 Å². The van der Waals surface area contributed by atoms with Gasteiger partial charge in [0, 0.05) is 0 Å². The summed E-state index contributed by atoms with van der Waals surface area (Å²) in [5, 5.41) is 8.36. The second kappa shape index (κ2) is 1.86. The molecule has 1 aliphatic rings. The Hall–Kier alpha value is -0.370. The van der Waals surface area contributed by atoms with Gasteiger partial charge in [0.2, 0.25) is 0 Å². The van der Waals surface area contributed by atoms with Crippen LogP contribution in [0, 0.1) is 0 Å². The van der Waals surface area contributed by atoms with Gasteiger partial charge in [-0.15, -0.1) is 0 Å². The fraction of sp³-hybridized carbons (Fsp3) is 0.600. The smallest absolute Gasteiger partial charge is 0.106 e. The van der Waals surface area contributed by atoms with Crippen molar-refractivity contribution < 1.29 is 0 Å². The van der Waals surface area contributed by atoms with E-state index in [0.29, 0.717) is 0 Å². The lowest BCUT2D eigenvalue weighted by Gasteiger charge is -1.92. The van der Waals surface area contributed by atoms with Crippen LogP contribution in [0.5, 0.6) is 0 Å². The summed E-state index contributed by atoms with van der Waals surface area (Å²) in [5.41, 5.74) is 0.846. The molecule has 2 nitrogen and oxygen atoms in total. The van der Waals surface area contributed by atoms with Crippen molar-refractivity contribution in [2.45, 2.75) is 19.9 Å². The van der Waals surface area contributed by atoms with Crippen molar-refractivity contribution in [2.24, 2.45) is 10.2 Å². The van der Waals surface area contributed by atoms with Crippen molar-refractivity contribution in [2.75, 3.05) is 0 Å². The molecule has 0 aromatic rings. The minimum atomic E-state index is 0.0941. The van der Waals surface area contributed by atoms with E-state index >= 15 is 0 Å². The lowest BCUT2D eigenvalue weighted by atomic mass is 10.3. The Labute approximate surface area is 53.3 Å². The van der Waals surface area contributed by atoms with Gasteiger partial charge >= 0.3 is 0 Å². The maximum atomic E-state index is 5.71. The molecule has 1 aliphatic heterocycles. The van der Waals surface area contributed by atoms with Crippen LogP contribution in [-0.2, 0) is 0 Å². The highest BCUT2D eigenvalue weighted by Gasteiger charge is 2.13. The van der Waals surface area contributed by atoms with E-state index in [1.807, 2.05) is 13.8 Å². The number of azo groups is 1. The molecular formula is C5H7ClN2. The quantitative estimate of drug-likeness (QED) is 0.481. The van der Waals surface area contributed by atoms with Gasteiger partial charge in [-0.25, -0.2) is 0 Å². The lowest BCUT2D eigenvalue weighted by molar-refractivity contribution is 0.881. The van der Waals surface area contributed by atoms with Crippen LogP contribution in [0.4, 0.5) is 0 Å². The van der Waals surface area contributed by atoms with Gasteiger partial charge in [-0.05, 0) is 13.8 Å². The zero-order valence-electron chi connectivity index (χ0n) is 4.85. The summed E-state index contributed by atoms with van der Waals surface area (Å²) in [5.74, 6) is 0. The average Bonchev–Trinajstić information content (AvgIpc) is 1.98. The predicted molar refractivity (Wildman–Crippen MR) is 32.9 cm³/mol. The highest BCUT2D eigenvalue weighted by molar-refractivity contribution is 6.30. The van der Waals surface area contributed by atoms with Crippen LogP contribution in [0.2, 0.25) is 0 Å². The van der Waals surface area contributed by atoms with Crippen LogP contribution < -0.4 is 0 Å². The zero-order chi connectivity index (χ0) is 6.15. The number of hydrogen-bond acceptors (Lipinski definition) is 2. The van der Waals surface area contributed by atoms with Gasteiger partial charge in [-0.3, -0.25) is 0 Å². The SMILES string of the molecule is CC1=C(Cl)C(C)N=N1. The predicted octanol–water partition coefficient (Wildman–Crippen LogP) is 2.31. The van der Waals surface area contributed by atoms with Crippen molar-refractivity contribution in [3.8, 4) is 0 Å². The largest absolute Gasteiger partial charge is 0.180 e. The van der Waals surface area contributed by atoms with Gasteiger partial charge in [0.1, 0.15) is 6.04 Å². The molecule has 1 rings (SSSR count). The highest BCUT2D eigenvalue weighted by Crippen LogP contribution is 2.23. The first-order valence-electron chi connectivity index (χ1n) is 2.49. The molecule has 8 heavy (non-hydrogen) atoms. The summed E-state index contributed by atoms with van der Waals surface area (Å²) in [6.45, 7) is 3.78. The molecule has 1 heterocycles. The normalized spacial score (nSPS) is 27.6. The van der Waals surface area contributed by atoms with Crippen molar-refractivity contribution in [1.29, 1.82) is 0 Å². The Bertz CT molecular complexity index is 160.